The second kappa shape index (κ2) is 9.24. The second-order valence-electron chi connectivity index (χ2n) is 9.18. The van der Waals surface area contributed by atoms with Gasteiger partial charge in [-0.25, -0.2) is 4.98 Å². The first-order valence-corrected chi connectivity index (χ1v) is 11.7. The summed E-state index contributed by atoms with van der Waals surface area (Å²) < 4.78 is 37.4. The summed E-state index contributed by atoms with van der Waals surface area (Å²) in [6.45, 7) is 0.619. The normalized spacial score (nSPS) is 16.9. The van der Waals surface area contributed by atoms with Crippen LogP contribution >= 0.6 is 0 Å². The first-order chi connectivity index (χ1) is 16.8. The first-order valence-electron chi connectivity index (χ1n) is 11.7. The van der Waals surface area contributed by atoms with E-state index in [1.54, 1.807) is 4.90 Å². The molecular weight excluding hydrogens is 459 g/mol. The summed E-state index contributed by atoms with van der Waals surface area (Å²) in [5.74, 6) is -0.232. The summed E-state index contributed by atoms with van der Waals surface area (Å²) in [4.78, 5) is 34.2. The number of anilines is 2. The lowest BCUT2D eigenvalue weighted by Crippen LogP contribution is -2.43. The summed E-state index contributed by atoms with van der Waals surface area (Å²) >= 11 is 0. The van der Waals surface area contributed by atoms with Crippen LogP contribution in [0.1, 0.15) is 32.1 Å². The van der Waals surface area contributed by atoms with E-state index in [-0.39, 0.29) is 12.1 Å². The number of hydrogen-bond donors (Lipinski definition) is 2. The van der Waals surface area contributed by atoms with Gasteiger partial charge in [0.15, 0.2) is 0 Å². The van der Waals surface area contributed by atoms with Gasteiger partial charge in [0.2, 0.25) is 12.3 Å². The van der Waals surface area contributed by atoms with Gasteiger partial charge in [0.05, 0.1) is 0 Å². The molecule has 184 valence electrons. The summed E-state index contributed by atoms with van der Waals surface area (Å²) in [6.07, 6.45) is -0.0649. The summed E-state index contributed by atoms with van der Waals surface area (Å²) in [5, 5.41) is 4.39. The van der Waals surface area contributed by atoms with Gasteiger partial charge in [0, 0.05) is 42.4 Å². The largest absolute Gasteiger partial charge is 0.397 e. The van der Waals surface area contributed by atoms with E-state index >= 15 is 0 Å². The number of fused-ring (bicyclic) bond motifs is 1. The predicted molar refractivity (Wildman–Crippen MR) is 127 cm³/mol. The van der Waals surface area contributed by atoms with Crippen LogP contribution in [0.5, 0.6) is 0 Å². The molecule has 2 fully saturated rings. The van der Waals surface area contributed by atoms with Crippen molar-refractivity contribution >= 4 is 34.9 Å². The highest BCUT2D eigenvalue weighted by Gasteiger charge is 2.34. The molecule has 2 aliphatic rings. The first kappa shape index (κ1) is 23.2. The van der Waals surface area contributed by atoms with E-state index in [4.69, 9.17) is 0 Å². The third-order valence-electron chi connectivity index (χ3n) is 6.60. The molecule has 1 aliphatic heterocycles. The Morgan fingerprint density at radius 1 is 1.14 bits per heavy atom. The van der Waals surface area contributed by atoms with Gasteiger partial charge in [0.25, 0.3) is 0 Å². The fourth-order valence-corrected chi connectivity index (χ4v) is 4.61. The number of amides is 2. The maximum absolute atomic E-state index is 12.5. The molecule has 7 nitrogen and oxygen atoms in total. The molecular formula is C25H26F3N5O2. The smallest absolute Gasteiger partial charge is 0.382 e. The van der Waals surface area contributed by atoms with Gasteiger partial charge < -0.3 is 15.2 Å². The van der Waals surface area contributed by atoms with E-state index in [2.05, 4.69) is 15.3 Å². The van der Waals surface area contributed by atoms with Gasteiger partial charge in [-0.3, -0.25) is 14.5 Å². The molecule has 0 spiro atoms. The molecule has 35 heavy (non-hydrogen) atoms. The monoisotopic (exact) mass is 485 g/mol. The standard InChI is InChI=1S/C25H26F3N5O2/c26-25(27,28)14-23(35)32-11-8-18(9-12-32)30-17-3-1-16(2-4-17)21-13-22(33(15-34)19-5-6-19)31-24-20(21)7-10-29-24/h1-4,7,10,13,15,18-19,30H,5-6,8-9,11-12,14H2,(H,29,31). The van der Waals surface area contributed by atoms with Crippen molar-refractivity contribution in [3.8, 4) is 11.1 Å². The van der Waals surface area contributed by atoms with Crippen molar-refractivity contribution < 1.29 is 22.8 Å². The third-order valence-corrected chi connectivity index (χ3v) is 6.60. The molecule has 3 aromatic rings. The molecule has 0 radical (unpaired) electrons. The highest BCUT2D eigenvalue weighted by atomic mass is 19.4. The van der Waals surface area contributed by atoms with E-state index in [9.17, 15) is 22.8 Å². The minimum atomic E-state index is -4.47. The Balaban J connectivity index is 1.27. The number of hydrogen-bond acceptors (Lipinski definition) is 4. The Hall–Kier alpha value is -3.56. The van der Waals surface area contributed by atoms with Crippen molar-refractivity contribution in [2.75, 3.05) is 23.3 Å². The lowest BCUT2D eigenvalue weighted by Gasteiger charge is -2.33. The number of nitrogens with zero attached hydrogens (tertiary/aromatic N) is 3. The number of carbonyl (C=O) groups is 2. The molecule has 0 bridgehead atoms. The Labute approximate surface area is 200 Å². The minimum Gasteiger partial charge on any atom is -0.382 e. The van der Waals surface area contributed by atoms with Crippen LogP contribution in [0.4, 0.5) is 24.7 Å². The number of aromatic nitrogens is 2. The fraction of sp³-hybridized carbons (Fsp3) is 0.400. The molecule has 10 heteroatoms. The van der Waals surface area contributed by atoms with Crippen LogP contribution in [-0.2, 0) is 9.59 Å². The number of carbonyl (C=O) groups excluding carboxylic acids is 2. The van der Waals surface area contributed by atoms with E-state index in [0.29, 0.717) is 31.7 Å². The second-order valence-corrected chi connectivity index (χ2v) is 9.18. The molecule has 1 saturated heterocycles. The summed E-state index contributed by atoms with van der Waals surface area (Å²) in [5.41, 5.74) is 3.58. The van der Waals surface area contributed by atoms with Crippen LogP contribution in [0.25, 0.3) is 22.2 Å². The number of aromatic amines is 1. The number of benzene rings is 1. The van der Waals surface area contributed by atoms with Crippen LogP contribution < -0.4 is 10.2 Å². The van der Waals surface area contributed by atoms with Gasteiger partial charge >= 0.3 is 6.18 Å². The Kier molecular flexibility index (Phi) is 6.12. The van der Waals surface area contributed by atoms with Crippen molar-refractivity contribution in [2.24, 2.45) is 0 Å². The van der Waals surface area contributed by atoms with Gasteiger partial charge in [-0.05, 0) is 61.1 Å². The Morgan fingerprint density at radius 2 is 1.86 bits per heavy atom. The molecule has 2 N–H and O–H groups in total. The van der Waals surface area contributed by atoms with Gasteiger partial charge in [0.1, 0.15) is 17.9 Å². The lowest BCUT2D eigenvalue weighted by atomic mass is 10.0. The zero-order chi connectivity index (χ0) is 24.6. The number of likely N-dealkylation sites (tertiary alicyclic amines) is 1. The maximum Gasteiger partial charge on any atom is 0.397 e. The molecule has 1 saturated carbocycles. The lowest BCUT2D eigenvalue weighted by molar-refractivity contribution is -0.162. The molecule has 5 rings (SSSR count). The van der Waals surface area contributed by atoms with Crippen molar-refractivity contribution in [3.63, 3.8) is 0 Å². The van der Waals surface area contributed by atoms with Gasteiger partial charge in [-0.1, -0.05) is 12.1 Å². The minimum absolute atomic E-state index is 0.0828. The van der Waals surface area contributed by atoms with Crippen LogP contribution in [0.2, 0.25) is 0 Å². The molecule has 0 unspecified atom stereocenters. The van der Waals surface area contributed by atoms with E-state index in [1.165, 1.54) is 4.90 Å². The zero-order valence-electron chi connectivity index (χ0n) is 19.0. The molecule has 1 aromatic carbocycles. The van der Waals surface area contributed by atoms with Gasteiger partial charge in [-0.2, -0.15) is 13.2 Å². The predicted octanol–water partition coefficient (Wildman–Crippen LogP) is 4.71. The van der Waals surface area contributed by atoms with Gasteiger partial charge in [-0.15, -0.1) is 0 Å². The van der Waals surface area contributed by atoms with Crippen LogP contribution in [-0.4, -0.2) is 58.5 Å². The number of rotatable bonds is 7. The molecule has 3 heterocycles. The molecule has 0 atom stereocenters. The van der Waals surface area contributed by atoms with Crippen molar-refractivity contribution in [1.29, 1.82) is 0 Å². The fourth-order valence-electron chi connectivity index (χ4n) is 4.61. The topological polar surface area (TPSA) is 81.3 Å². The summed E-state index contributed by atoms with van der Waals surface area (Å²) in [6, 6.07) is 12.1. The quantitative estimate of drug-likeness (QED) is 0.475. The van der Waals surface area contributed by atoms with Crippen LogP contribution in [0.3, 0.4) is 0 Å². The van der Waals surface area contributed by atoms with E-state index in [0.717, 1.165) is 47.1 Å². The van der Waals surface area contributed by atoms with Crippen molar-refractivity contribution in [1.82, 2.24) is 14.9 Å². The van der Waals surface area contributed by atoms with Crippen molar-refractivity contribution in [2.45, 2.75) is 50.4 Å². The number of halogens is 3. The average Bonchev–Trinajstić information content (AvgIpc) is 3.54. The average molecular weight is 486 g/mol. The zero-order valence-corrected chi connectivity index (χ0v) is 19.0. The Morgan fingerprint density at radius 3 is 2.49 bits per heavy atom. The Bertz CT molecular complexity index is 1210. The van der Waals surface area contributed by atoms with E-state index < -0.39 is 18.5 Å². The number of pyridine rings is 1. The third kappa shape index (κ3) is 5.26. The molecule has 2 amide bonds. The number of piperidine rings is 1. The molecule has 1 aliphatic carbocycles. The number of nitrogens with one attached hydrogen (secondary N) is 2. The highest BCUT2D eigenvalue weighted by Crippen LogP contribution is 2.35. The van der Waals surface area contributed by atoms with Crippen LogP contribution in [0.15, 0.2) is 42.6 Å². The number of alkyl halides is 3. The van der Waals surface area contributed by atoms with E-state index in [1.807, 2.05) is 42.6 Å². The number of H-pyrrole nitrogens is 1. The molecule has 2 aromatic heterocycles. The summed E-state index contributed by atoms with van der Waals surface area (Å²) in [7, 11) is 0. The SMILES string of the molecule is O=CN(c1cc(-c2ccc(NC3CCN(C(=O)CC(F)(F)F)CC3)cc2)c2cc[nH]c2n1)C1CC1. The van der Waals surface area contributed by atoms with Crippen molar-refractivity contribution in [3.05, 3.63) is 42.6 Å². The van der Waals surface area contributed by atoms with Crippen LogP contribution in [0, 0.1) is 0 Å². The maximum atomic E-state index is 12.5. The highest BCUT2D eigenvalue weighted by molar-refractivity contribution is 5.96.